The first-order chi connectivity index (χ1) is 7.33. The predicted octanol–water partition coefficient (Wildman–Crippen LogP) is 2.16. The number of hydrogen-bond acceptors (Lipinski definition) is 4. The molecule has 1 aromatic rings. The molecule has 0 saturated carbocycles. The molecule has 1 heterocycles. The van der Waals surface area contributed by atoms with Gasteiger partial charge < -0.3 is 5.32 Å². The second-order valence-electron chi connectivity index (χ2n) is 3.29. The highest BCUT2D eigenvalue weighted by atomic mass is 32.1. The standard InChI is InChI=1S/C11H17N3S/c1-4-7-8-10(12-6-3)11-9(5-2)13-14-15-11/h1,10,12H,5-8H2,2-3H3. The van der Waals surface area contributed by atoms with Gasteiger partial charge in [-0.1, -0.05) is 18.3 Å². The maximum Gasteiger partial charge on any atom is 0.0800 e. The van der Waals surface area contributed by atoms with Crippen molar-refractivity contribution in [3.05, 3.63) is 10.6 Å². The van der Waals surface area contributed by atoms with E-state index < -0.39 is 0 Å². The molecule has 0 spiro atoms. The minimum atomic E-state index is 0.320. The van der Waals surface area contributed by atoms with E-state index in [9.17, 15) is 0 Å². The van der Waals surface area contributed by atoms with Crippen LogP contribution >= 0.6 is 11.5 Å². The summed E-state index contributed by atoms with van der Waals surface area (Å²) in [4.78, 5) is 1.25. The summed E-state index contributed by atoms with van der Waals surface area (Å²) >= 11 is 1.48. The highest BCUT2D eigenvalue weighted by Crippen LogP contribution is 2.24. The number of rotatable bonds is 6. The smallest absolute Gasteiger partial charge is 0.0800 e. The van der Waals surface area contributed by atoms with Gasteiger partial charge in [-0.3, -0.25) is 0 Å². The fraction of sp³-hybridized carbons (Fsp3) is 0.636. The largest absolute Gasteiger partial charge is 0.309 e. The minimum absolute atomic E-state index is 0.320. The van der Waals surface area contributed by atoms with E-state index in [0.717, 1.165) is 31.5 Å². The van der Waals surface area contributed by atoms with Crippen molar-refractivity contribution in [1.29, 1.82) is 0 Å². The summed E-state index contributed by atoms with van der Waals surface area (Å²) in [6.07, 6.45) is 7.98. The molecule has 0 saturated heterocycles. The fourth-order valence-corrected chi connectivity index (χ4v) is 2.37. The second-order valence-corrected chi connectivity index (χ2v) is 4.08. The molecular weight excluding hydrogens is 206 g/mol. The quantitative estimate of drug-likeness (QED) is 0.751. The Morgan fingerprint density at radius 3 is 2.93 bits per heavy atom. The van der Waals surface area contributed by atoms with Crippen LogP contribution in [0.2, 0.25) is 0 Å². The van der Waals surface area contributed by atoms with E-state index in [1.54, 1.807) is 0 Å². The van der Waals surface area contributed by atoms with Gasteiger partial charge in [0, 0.05) is 12.5 Å². The molecule has 1 aromatic heterocycles. The predicted molar refractivity (Wildman–Crippen MR) is 63.8 cm³/mol. The number of nitrogens with one attached hydrogen (secondary N) is 1. The first-order valence-corrected chi connectivity index (χ1v) is 6.08. The van der Waals surface area contributed by atoms with Gasteiger partial charge in [0.1, 0.15) is 0 Å². The number of hydrogen-bond donors (Lipinski definition) is 1. The first-order valence-electron chi connectivity index (χ1n) is 5.31. The highest BCUT2D eigenvalue weighted by molar-refractivity contribution is 7.05. The van der Waals surface area contributed by atoms with Crippen molar-refractivity contribution in [3.63, 3.8) is 0 Å². The Kier molecular flexibility index (Phi) is 5.30. The van der Waals surface area contributed by atoms with E-state index in [1.165, 1.54) is 16.4 Å². The van der Waals surface area contributed by atoms with E-state index in [-0.39, 0.29) is 0 Å². The molecule has 0 aliphatic heterocycles. The number of terminal acetylenes is 1. The molecule has 1 atom stereocenters. The van der Waals surface area contributed by atoms with Gasteiger partial charge in [0.05, 0.1) is 10.6 Å². The molecule has 3 nitrogen and oxygen atoms in total. The average Bonchev–Trinajstić information content (AvgIpc) is 2.72. The lowest BCUT2D eigenvalue weighted by Crippen LogP contribution is -2.20. The van der Waals surface area contributed by atoms with Crippen LogP contribution in [0.3, 0.4) is 0 Å². The van der Waals surface area contributed by atoms with Crippen LogP contribution in [0.25, 0.3) is 0 Å². The lowest BCUT2D eigenvalue weighted by molar-refractivity contribution is 0.526. The third kappa shape index (κ3) is 3.29. The number of aromatic nitrogens is 2. The molecule has 1 N–H and O–H groups in total. The molecule has 0 aliphatic carbocycles. The SMILES string of the molecule is C#CCCC(NCC)c1snnc1CC. The Morgan fingerprint density at radius 1 is 1.53 bits per heavy atom. The Balaban J connectivity index is 2.74. The third-order valence-electron chi connectivity index (χ3n) is 2.26. The van der Waals surface area contributed by atoms with Crippen LogP contribution in [0.4, 0.5) is 0 Å². The summed E-state index contributed by atoms with van der Waals surface area (Å²) in [6, 6.07) is 0.320. The monoisotopic (exact) mass is 223 g/mol. The summed E-state index contributed by atoms with van der Waals surface area (Å²) in [5, 5.41) is 7.55. The number of nitrogens with zero attached hydrogens (tertiary/aromatic N) is 2. The molecule has 1 unspecified atom stereocenters. The van der Waals surface area contributed by atoms with E-state index in [4.69, 9.17) is 6.42 Å². The molecule has 0 radical (unpaired) electrons. The Bertz CT molecular complexity index is 327. The summed E-state index contributed by atoms with van der Waals surface area (Å²) in [5.41, 5.74) is 1.10. The average molecular weight is 223 g/mol. The lowest BCUT2D eigenvalue weighted by atomic mass is 10.1. The molecule has 0 amide bonds. The van der Waals surface area contributed by atoms with Crippen LogP contribution in [0.15, 0.2) is 0 Å². The van der Waals surface area contributed by atoms with E-state index in [2.05, 4.69) is 34.7 Å². The van der Waals surface area contributed by atoms with Crippen molar-refractivity contribution in [3.8, 4) is 12.3 Å². The normalized spacial score (nSPS) is 12.3. The van der Waals surface area contributed by atoms with Crippen LogP contribution < -0.4 is 5.32 Å². The molecule has 0 fully saturated rings. The molecule has 0 aromatic carbocycles. The van der Waals surface area contributed by atoms with Gasteiger partial charge in [0.2, 0.25) is 0 Å². The van der Waals surface area contributed by atoms with Gasteiger partial charge >= 0.3 is 0 Å². The zero-order valence-electron chi connectivity index (χ0n) is 9.29. The lowest BCUT2D eigenvalue weighted by Gasteiger charge is -2.15. The van der Waals surface area contributed by atoms with Gasteiger partial charge in [-0.15, -0.1) is 17.4 Å². The topological polar surface area (TPSA) is 37.8 Å². The molecule has 15 heavy (non-hydrogen) atoms. The van der Waals surface area contributed by atoms with Crippen LogP contribution in [-0.2, 0) is 6.42 Å². The van der Waals surface area contributed by atoms with E-state index in [1.807, 2.05) is 0 Å². The molecular formula is C11H17N3S. The second kappa shape index (κ2) is 6.54. The summed E-state index contributed by atoms with van der Waals surface area (Å²) in [6.45, 7) is 5.14. The number of aryl methyl sites for hydroxylation is 1. The maximum absolute atomic E-state index is 5.29. The van der Waals surface area contributed by atoms with Crippen molar-refractivity contribution in [2.45, 2.75) is 39.2 Å². The highest BCUT2D eigenvalue weighted by Gasteiger charge is 2.16. The van der Waals surface area contributed by atoms with E-state index in [0.29, 0.717) is 6.04 Å². The first kappa shape index (κ1) is 12.2. The van der Waals surface area contributed by atoms with Gasteiger partial charge in [-0.2, -0.15) is 0 Å². The van der Waals surface area contributed by atoms with Crippen molar-refractivity contribution in [2.75, 3.05) is 6.54 Å². The Labute approximate surface area is 95.5 Å². The van der Waals surface area contributed by atoms with E-state index >= 15 is 0 Å². The third-order valence-corrected chi connectivity index (χ3v) is 3.14. The summed E-state index contributed by atoms with van der Waals surface area (Å²) in [5.74, 6) is 2.68. The Hall–Kier alpha value is -0.920. The minimum Gasteiger partial charge on any atom is -0.309 e. The van der Waals surface area contributed by atoms with Crippen molar-refractivity contribution >= 4 is 11.5 Å². The van der Waals surface area contributed by atoms with Gasteiger partial charge in [-0.25, -0.2) is 0 Å². The molecule has 82 valence electrons. The molecule has 0 bridgehead atoms. The molecule has 4 heteroatoms. The zero-order chi connectivity index (χ0) is 11.1. The molecule has 1 rings (SSSR count). The van der Waals surface area contributed by atoms with Crippen LogP contribution in [0.5, 0.6) is 0 Å². The Morgan fingerprint density at radius 2 is 2.33 bits per heavy atom. The van der Waals surface area contributed by atoms with Gasteiger partial charge in [-0.05, 0) is 30.9 Å². The van der Waals surface area contributed by atoms with Crippen LogP contribution in [-0.4, -0.2) is 16.1 Å². The van der Waals surface area contributed by atoms with Crippen LogP contribution in [0, 0.1) is 12.3 Å². The van der Waals surface area contributed by atoms with Crippen molar-refractivity contribution in [2.24, 2.45) is 0 Å². The van der Waals surface area contributed by atoms with Crippen molar-refractivity contribution < 1.29 is 0 Å². The van der Waals surface area contributed by atoms with Crippen LogP contribution in [0.1, 0.15) is 43.3 Å². The summed E-state index contributed by atoms with van der Waals surface area (Å²) < 4.78 is 4.00. The summed E-state index contributed by atoms with van der Waals surface area (Å²) in [7, 11) is 0. The fourth-order valence-electron chi connectivity index (χ4n) is 1.53. The maximum atomic E-state index is 5.29. The zero-order valence-corrected chi connectivity index (χ0v) is 10.1. The molecule has 0 aliphatic rings. The van der Waals surface area contributed by atoms with Crippen molar-refractivity contribution in [1.82, 2.24) is 14.9 Å². The van der Waals surface area contributed by atoms with Gasteiger partial charge in [0.15, 0.2) is 0 Å². The van der Waals surface area contributed by atoms with Gasteiger partial charge in [0.25, 0.3) is 0 Å².